The molecule has 24 heavy (non-hydrogen) atoms. The maximum absolute atomic E-state index is 4.67. The van der Waals surface area contributed by atoms with Crippen molar-refractivity contribution >= 4 is 11.5 Å². The molecule has 0 N–H and O–H groups in total. The van der Waals surface area contributed by atoms with Gasteiger partial charge in [-0.2, -0.15) is 0 Å². The molecule has 2 aromatic rings. The van der Waals surface area contributed by atoms with Crippen molar-refractivity contribution in [1.82, 2.24) is 4.98 Å². The highest BCUT2D eigenvalue weighted by Gasteiger charge is 2.23. The molecule has 0 saturated heterocycles. The Morgan fingerprint density at radius 1 is 1.17 bits per heavy atom. The minimum atomic E-state index is 0.281. The fourth-order valence-corrected chi connectivity index (χ4v) is 3.35. The van der Waals surface area contributed by atoms with Gasteiger partial charge in [0.05, 0.1) is 6.54 Å². The van der Waals surface area contributed by atoms with Gasteiger partial charge in [0.2, 0.25) is 0 Å². The van der Waals surface area contributed by atoms with Crippen molar-refractivity contribution < 1.29 is 0 Å². The maximum atomic E-state index is 4.67. The van der Waals surface area contributed by atoms with E-state index >= 15 is 0 Å². The number of pyridine rings is 1. The summed E-state index contributed by atoms with van der Waals surface area (Å²) >= 11 is 0. The highest BCUT2D eigenvalue weighted by atomic mass is 15.2. The molecule has 0 atom stereocenters. The molecule has 3 rings (SSSR count). The van der Waals surface area contributed by atoms with Gasteiger partial charge >= 0.3 is 0 Å². The highest BCUT2D eigenvalue weighted by Crippen LogP contribution is 2.34. The van der Waals surface area contributed by atoms with Crippen LogP contribution in [0.4, 0.5) is 5.82 Å². The van der Waals surface area contributed by atoms with Crippen LogP contribution in [0.25, 0.3) is 5.70 Å². The van der Waals surface area contributed by atoms with Crippen LogP contribution in [0.5, 0.6) is 0 Å². The van der Waals surface area contributed by atoms with Crippen molar-refractivity contribution in [2.45, 2.75) is 40.2 Å². The fourth-order valence-electron chi connectivity index (χ4n) is 3.35. The van der Waals surface area contributed by atoms with E-state index in [-0.39, 0.29) is 5.41 Å². The van der Waals surface area contributed by atoms with Gasteiger partial charge in [-0.3, -0.25) is 0 Å². The van der Waals surface area contributed by atoms with E-state index in [1.807, 2.05) is 6.20 Å². The summed E-state index contributed by atoms with van der Waals surface area (Å²) in [6.45, 7) is 16.0. The number of hydrogen-bond acceptors (Lipinski definition) is 2. The molecule has 0 spiro atoms. The quantitative estimate of drug-likeness (QED) is 0.681. The average molecular weight is 318 g/mol. The zero-order chi connectivity index (χ0) is 17.3. The standard InChI is InChI=1S/C22H26N2/c1-16(13-22(3,4)5)12-18-10-11-21(23-14-18)24-15-19-8-6-7-9-20(19)17(24)2/h6-11,14H,1-2,12-13,15H2,3-5H3. The first-order chi connectivity index (χ1) is 11.3. The second-order valence-electron chi connectivity index (χ2n) is 7.88. The first-order valence-electron chi connectivity index (χ1n) is 8.50. The van der Waals surface area contributed by atoms with E-state index in [1.165, 1.54) is 22.3 Å². The number of hydrogen-bond donors (Lipinski definition) is 0. The molecule has 1 aromatic heterocycles. The van der Waals surface area contributed by atoms with Crippen LogP contribution < -0.4 is 4.90 Å². The molecular formula is C22H26N2. The SMILES string of the molecule is C=C(Cc1ccc(N2Cc3ccccc3C2=C)nc1)CC(C)(C)C. The lowest BCUT2D eigenvalue weighted by Crippen LogP contribution is -2.14. The number of allylic oxidation sites excluding steroid dienone is 1. The smallest absolute Gasteiger partial charge is 0.133 e. The monoisotopic (exact) mass is 318 g/mol. The molecule has 1 aliphatic heterocycles. The summed E-state index contributed by atoms with van der Waals surface area (Å²) in [5.41, 5.74) is 6.32. The second kappa shape index (κ2) is 6.27. The van der Waals surface area contributed by atoms with Crippen molar-refractivity contribution in [1.29, 1.82) is 0 Å². The summed E-state index contributed by atoms with van der Waals surface area (Å²) in [4.78, 5) is 6.85. The van der Waals surface area contributed by atoms with Crippen molar-refractivity contribution in [3.05, 3.63) is 78.0 Å². The Morgan fingerprint density at radius 2 is 1.92 bits per heavy atom. The lowest BCUT2D eigenvalue weighted by molar-refractivity contribution is 0.407. The van der Waals surface area contributed by atoms with E-state index in [0.29, 0.717) is 0 Å². The average Bonchev–Trinajstić information content (AvgIpc) is 2.84. The summed E-state index contributed by atoms with van der Waals surface area (Å²) in [7, 11) is 0. The molecule has 0 unspecified atom stereocenters. The summed E-state index contributed by atoms with van der Waals surface area (Å²) in [5, 5.41) is 0. The van der Waals surface area contributed by atoms with E-state index in [2.05, 4.69) is 80.2 Å². The Balaban J connectivity index is 1.70. The highest BCUT2D eigenvalue weighted by molar-refractivity contribution is 5.82. The van der Waals surface area contributed by atoms with E-state index < -0.39 is 0 Å². The second-order valence-corrected chi connectivity index (χ2v) is 7.88. The number of aromatic nitrogens is 1. The van der Waals surface area contributed by atoms with Crippen LogP contribution in [0.3, 0.4) is 0 Å². The Kier molecular flexibility index (Phi) is 4.31. The molecule has 0 aliphatic carbocycles. The molecule has 2 heterocycles. The first-order valence-corrected chi connectivity index (χ1v) is 8.50. The van der Waals surface area contributed by atoms with Crippen LogP contribution in [0, 0.1) is 5.41 Å². The predicted octanol–water partition coefficient (Wildman–Crippen LogP) is 5.61. The molecule has 0 saturated carbocycles. The fraction of sp³-hybridized carbons (Fsp3) is 0.318. The van der Waals surface area contributed by atoms with Crippen LogP contribution in [0.1, 0.15) is 43.9 Å². The molecule has 1 aliphatic rings. The van der Waals surface area contributed by atoms with Crippen molar-refractivity contribution in [2.24, 2.45) is 5.41 Å². The van der Waals surface area contributed by atoms with Crippen LogP contribution in [-0.4, -0.2) is 4.98 Å². The molecule has 0 amide bonds. The molecule has 124 valence electrons. The number of benzene rings is 1. The van der Waals surface area contributed by atoms with Gasteiger partial charge in [0, 0.05) is 17.5 Å². The molecule has 1 aromatic carbocycles. The van der Waals surface area contributed by atoms with Crippen LogP contribution in [0.15, 0.2) is 61.3 Å². The largest absolute Gasteiger partial charge is 0.322 e. The lowest BCUT2D eigenvalue weighted by Gasteiger charge is -2.20. The summed E-state index contributed by atoms with van der Waals surface area (Å²) < 4.78 is 0. The Hall–Kier alpha value is -2.35. The molecule has 0 fully saturated rings. The third-order valence-corrected chi connectivity index (χ3v) is 4.30. The van der Waals surface area contributed by atoms with Crippen LogP contribution >= 0.6 is 0 Å². The van der Waals surface area contributed by atoms with Crippen molar-refractivity contribution in [3.63, 3.8) is 0 Å². The molecule has 0 radical (unpaired) electrons. The number of rotatable bonds is 4. The lowest BCUT2D eigenvalue weighted by atomic mass is 9.86. The number of nitrogens with zero attached hydrogens (tertiary/aromatic N) is 2. The van der Waals surface area contributed by atoms with Crippen LogP contribution in [-0.2, 0) is 13.0 Å². The summed E-state index contributed by atoms with van der Waals surface area (Å²) in [5.74, 6) is 0.960. The third-order valence-electron chi connectivity index (χ3n) is 4.30. The van der Waals surface area contributed by atoms with Gasteiger partial charge in [0.15, 0.2) is 0 Å². The van der Waals surface area contributed by atoms with Crippen LogP contribution in [0.2, 0.25) is 0 Å². The van der Waals surface area contributed by atoms with Gasteiger partial charge < -0.3 is 4.90 Å². The van der Waals surface area contributed by atoms with Crippen molar-refractivity contribution in [3.8, 4) is 0 Å². The Morgan fingerprint density at radius 3 is 2.54 bits per heavy atom. The summed E-state index contributed by atoms with van der Waals surface area (Å²) in [6, 6.07) is 12.7. The predicted molar refractivity (Wildman–Crippen MR) is 103 cm³/mol. The molecule has 0 bridgehead atoms. The number of fused-ring (bicyclic) bond motifs is 1. The molecule has 2 nitrogen and oxygen atoms in total. The van der Waals surface area contributed by atoms with Gasteiger partial charge in [-0.05, 0) is 35.4 Å². The summed E-state index contributed by atoms with van der Waals surface area (Å²) in [6.07, 6.45) is 3.90. The van der Waals surface area contributed by atoms with Gasteiger partial charge in [-0.25, -0.2) is 4.98 Å². The van der Waals surface area contributed by atoms with E-state index in [0.717, 1.165) is 30.9 Å². The zero-order valence-corrected chi connectivity index (χ0v) is 15.0. The van der Waals surface area contributed by atoms with E-state index in [1.54, 1.807) is 0 Å². The minimum Gasteiger partial charge on any atom is -0.322 e. The zero-order valence-electron chi connectivity index (χ0n) is 15.0. The number of anilines is 1. The normalized spacial score (nSPS) is 14.0. The Labute approximate surface area is 145 Å². The third kappa shape index (κ3) is 3.59. The molecule has 2 heteroatoms. The maximum Gasteiger partial charge on any atom is 0.133 e. The van der Waals surface area contributed by atoms with Gasteiger partial charge in [-0.15, -0.1) is 0 Å². The Bertz CT molecular complexity index is 763. The van der Waals surface area contributed by atoms with E-state index in [9.17, 15) is 0 Å². The first kappa shape index (κ1) is 16.5. The molecular weight excluding hydrogens is 292 g/mol. The van der Waals surface area contributed by atoms with Gasteiger partial charge in [0.25, 0.3) is 0 Å². The topological polar surface area (TPSA) is 16.1 Å². The van der Waals surface area contributed by atoms with E-state index in [4.69, 9.17) is 0 Å². The minimum absolute atomic E-state index is 0.281. The van der Waals surface area contributed by atoms with Gasteiger partial charge in [-0.1, -0.05) is 69.8 Å². The van der Waals surface area contributed by atoms with Crippen molar-refractivity contribution in [2.75, 3.05) is 4.90 Å². The van der Waals surface area contributed by atoms with Gasteiger partial charge in [0.1, 0.15) is 5.82 Å².